The van der Waals surface area contributed by atoms with Crippen molar-refractivity contribution in [2.24, 2.45) is 12.8 Å². The van der Waals surface area contributed by atoms with Crippen molar-refractivity contribution in [1.29, 1.82) is 0 Å². The molecule has 3 heterocycles. The summed E-state index contributed by atoms with van der Waals surface area (Å²) in [4.78, 5) is 4.84. The molecule has 0 radical (unpaired) electrons. The Morgan fingerprint density at radius 1 is 1.41 bits per heavy atom. The fourth-order valence-electron chi connectivity index (χ4n) is 1.92. The van der Waals surface area contributed by atoms with E-state index in [1.165, 1.54) is 18.4 Å². The minimum atomic E-state index is -4.52. The number of rotatable bonds is 3. The van der Waals surface area contributed by atoms with Crippen molar-refractivity contribution in [1.82, 2.24) is 19.9 Å². The number of halogens is 3. The maximum atomic E-state index is 12.7. The minimum Gasteiger partial charge on any atom is -0.333 e. The van der Waals surface area contributed by atoms with E-state index in [9.17, 15) is 13.2 Å². The van der Waals surface area contributed by atoms with E-state index in [2.05, 4.69) is 15.2 Å². The van der Waals surface area contributed by atoms with Crippen molar-refractivity contribution in [2.45, 2.75) is 12.7 Å². The highest BCUT2D eigenvalue weighted by Gasteiger charge is 2.35. The predicted octanol–water partition coefficient (Wildman–Crippen LogP) is 2.68. The number of alkyl halides is 3. The molecule has 0 aliphatic rings. The first-order valence-corrected chi connectivity index (χ1v) is 7.00. The SMILES string of the molecule is Cn1nc(C(F)(F)F)cc1-c1noc(-c2sccc2CN)n1. The third kappa shape index (κ3) is 2.50. The molecule has 0 saturated carbocycles. The van der Waals surface area contributed by atoms with Crippen molar-refractivity contribution in [3.8, 4) is 22.3 Å². The summed E-state index contributed by atoms with van der Waals surface area (Å²) in [5.74, 6) is 0.261. The number of nitrogens with zero attached hydrogens (tertiary/aromatic N) is 4. The molecule has 0 fully saturated rings. The van der Waals surface area contributed by atoms with E-state index >= 15 is 0 Å². The molecule has 0 saturated heterocycles. The topological polar surface area (TPSA) is 82.8 Å². The average Bonchev–Trinajstić information content (AvgIpc) is 3.14. The summed E-state index contributed by atoms with van der Waals surface area (Å²) in [6.07, 6.45) is -4.52. The molecule has 0 spiro atoms. The van der Waals surface area contributed by atoms with Crippen LogP contribution in [0.25, 0.3) is 22.3 Å². The van der Waals surface area contributed by atoms with Gasteiger partial charge in [-0.2, -0.15) is 23.3 Å². The van der Waals surface area contributed by atoms with E-state index in [-0.39, 0.29) is 17.4 Å². The van der Waals surface area contributed by atoms with Gasteiger partial charge in [0.15, 0.2) is 5.69 Å². The second-order valence-electron chi connectivity index (χ2n) is 4.44. The minimum absolute atomic E-state index is 0.0388. The van der Waals surface area contributed by atoms with Crippen LogP contribution in [0.15, 0.2) is 22.0 Å². The highest BCUT2D eigenvalue weighted by Crippen LogP contribution is 2.32. The Balaban J connectivity index is 2.00. The quantitative estimate of drug-likeness (QED) is 0.799. The number of aromatic nitrogens is 4. The summed E-state index contributed by atoms with van der Waals surface area (Å²) in [5.41, 5.74) is 5.55. The number of nitrogens with two attached hydrogens (primary N) is 1. The molecule has 0 aliphatic carbocycles. The lowest BCUT2D eigenvalue weighted by Crippen LogP contribution is -2.06. The van der Waals surface area contributed by atoms with Crippen LogP contribution in [0, 0.1) is 0 Å². The smallest absolute Gasteiger partial charge is 0.333 e. The van der Waals surface area contributed by atoms with Gasteiger partial charge in [0.2, 0.25) is 5.82 Å². The van der Waals surface area contributed by atoms with Crippen molar-refractivity contribution < 1.29 is 17.7 Å². The number of hydrogen-bond acceptors (Lipinski definition) is 6. The molecule has 3 aromatic rings. The molecular weight excluding hydrogens is 319 g/mol. The maximum Gasteiger partial charge on any atom is 0.435 e. The predicted molar refractivity (Wildman–Crippen MR) is 72.7 cm³/mol. The molecule has 0 bridgehead atoms. The molecule has 0 aliphatic heterocycles. The highest BCUT2D eigenvalue weighted by atomic mass is 32.1. The van der Waals surface area contributed by atoms with Crippen LogP contribution in [0.4, 0.5) is 13.2 Å². The van der Waals surface area contributed by atoms with Crippen LogP contribution >= 0.6 is 11.3 Å². The number of aryl methyl sites for hydroxylation is 1. The van der Waals surface area contributed by atoms with Gasteiger partial charge < -0.3 is 10.3 Å². The largest absolute Gasteiger partial charge is 0.435 e. The molecule has 0 atom stereocenters. The molecule has 6 nitrogen and oxygen atoms in total. The number of thiophene rings is 1. The molecule has 3 aromatic heterocycles. The van der Waals surface area contributed by atoms with Gasteiger partial charge in [-0.15, -0.1) is 11.3 Å². The summed E-state index contributed by atoms with van der Waals surface area (Å²) >= 11 is 1.37. The standard InChI is InChI=1S/C12H10F3N5OS/c1-20-7(4-8(18-20)12(13,14)15)10-17-11(21-19-10)9-6(5-16)2-3-22-9/h2-4H,5,16H2,1H3. The van der Waals surface area contributed by atoms with Crippen molar-refractivity contribution in [2.75, 3.05) is 0 Å². The van der Waals surface area contributed by atoms with Gasteiger partial charge in [0.25, 0.3) is 5.89 Å². The maximum absolute atomic E-state index is 12.7. The average molecular weight is 329 g/mol. The molecular formula is C12H10F3N5OS. The molecule has 22 heavy (non-hydrogen) atoms. The molecule has 0 unspecified atom stereocenters. The van der Waals surface area contributed by atoms with Crippen LogP contribution in [0.2, 0.25) is 0 Å². The summed E-state index contributed by atoms with van der Waals surface area (Å²) < 4.78 is 44.2. The molecule has 3 rings (SSSR count). The van der Waals surface area contributed by atoms with E-state index < -0.39 is 11.9 Å². The van der Waals surface area contributed by atoms with E-state index in [0.29, 0.717) is 11.4 Å². The van der Waals surface area contributed by atoms with E-state index in [1.807, 2.05) is 11.4 Å². The van der Waals surface area contributed by atoms with Crippen LogP contribution in [0.1, 0.15) is 11.3 Å². The normalized spacial score (nSPS) is 12.0. The lowest BCUT2D eigenvalue weighted by molar-refractivity contribution is -0.141. The lowest BCUT2D eigenvalue weighted by Gasteiger charge is -1.98. The molecule has 0 aromatic carbocycles. The highest BCUT2D eigenvalue weighted by molar-refractivity contribution is 7.13. The molecule has 2 N–H and O–H groups in total. The Bertz CT molecular complexity index is 804. The van der Waals surface area contributed by atoms with Crippen molar-refractivity contribution in [3.05, 3.63) is 28.8 Å². The van der Waals surface area contributed by atoms with E-state index in [4.69, 9.17) is 10.3 Å². The van der Waals surface area contributed by atoms with Gasteiger partial charge in [0.05, 0.1) is 4.88 Å². The Kier molecular flexibility index (Phi) is 3.49. The third-order valence-corrected chi connectivity index (χ3v) is 3.93. The second kappa shape index (κ2) is 5.21. The van der Waals surface area contributed by atoms with Crippen molar-refractivity contribution >= 4 is 11.3 Å². The zero-order valence-electron chi connectivity index (χ0n) is 11.3. The van der Waals surface area contributed by atoms with Gasteiger partial charge in [-0.25, -0.2) is 0 Å². The van der Waals surface area contributed by atoms with Gasteiger partial charge in [-0.05, 0) is 23.1 Å². The van der Waals surface area contributed by atoms with Gasteiger partial charge in [-0.1, -0.05) is 5.16 Å². The zero-order valence-corrected chi connectivity index (χ0v) is 12.1. The zero-order chi connectivity index (χ0) is 15.9. The van der Waals surface area contributed by atoms with Gasteiger partial charge in [0, 0.05) is 13.6 Å². The summed E-state index contributed by atoms with van der Waals surface area (Å²) in [5, 5.41) is 8.97. The van der Waals surface area contributed by atoms with Crippen LogP contribution in [-0.2, 0) is 19.8 Å². The first-order valence-electron chi connectivity index (χ1n) is 6.12. The fraction of sp³-hybridized carbons (Fsp3) is 0.250. The van der Waals surface area contributed by atoms with Crippen LogP contribution in [0.3, 0.4) is 0 Å². The molecule has 10 heteroatoms. The summed E-state index contributed by atoms with van der Waals surface area (Å²) in [7, 11) is 1.39. The monoisotopic (exact) mass is 329 g/mol. The van der Waals surface area contributed by atoms with Gasteiger partial charge in [-0.3, -0.25) is 4.68 Å². The first-order chi connectivity index (χ1) is 10.4. The van der Waals surface area contributed by atoms with Gasteiger partial charge in [0.1, 0.15) is 5.69 Å². The van der Waals surface area contributed by atoms with E-state index in [1.54, 1.807) is 0 Å². The molecule has 116 valence electrons. The Morgan fingerprint density at radius 2 is 2.18 bits per heavy atom. The Labute approximate surface area is 126 Å². The fourth-order valence-corrected chi connectivity index (χ4v) is 2.77. The Morgan fingerprint density at radius 3 is 2.82 bits per heavy atom. The van der Waals surface area contributed by atoms with E-state index in [0.717, 1.165) is 16.3 Å². The first kappa shape index (κ1) is 14.7. The van der Waals surface area contributed by atoms with Gasteiger partial charge >= 0.3 is 6.18 Å². The van der Waals surface area contributed by atoms with Crippen LogP contribution < -0.4 is 5.73 Å². The molecule has 0 amide bonds. The van der Waals surface area contributed by atoms with Crippen molar-refractivity contribution in [3.63, 3.8) is 0 Å². The second-order valence-corrected chi connectivity index (χ2v) is 5.35. The summed E-state index contributed by atoms with van der Waals surface area (Å²) in [6, 6.07) is 2.71. The van der Waals surface area contributed by atoms with Crippen LogP contribution in [-0.4, -0.2) is 19.9 Å². The van der Waals surface area contributed by atoms with Crippen LogP contribution in [0.5, 0.6) is 0 Å². The lowest BCUT2D eigenvalue weighted by atomic mass is 10.2. The number of hydrogen-bond donors (Lipinski definition) is 1. The Hall–Kier alpha value is -2.20. The third-order valence-electron chi connectivity index (χ3n) is 2.99. The summed E-state index contributed by atoms with van der Waals surface area (Å²) in [6.45, 7) is 0.306.